The highest BCUT2D eigenvalue weighted by Crippen LogP contribution is 2.35. The molecule has 2 fully saturated rings. The third kappa shape index (κ3) is 4.33. The molecule has 0 bridgehead atoms. The molecule has 0 unspecified atom stereocenters. The van der Waals surface area contributed by atoms with Crippen molar-refractivity contribution in [3.05, 3.63) is 35.9 Å². The van der Waals surface area contributed by atoms with Crippen LogP contribution in [0.2, 0.25) is 0 Å². The van der Waals surface area contributed by atoms with Crippen LogP contribution in [0.3, 0.4) is 0 Å². The smallest absolute Gasteiger partial charge is 0.249 e. The molecule has 23 heavy (non-hydrogen) atoms. The van der Waals surface area contributed by atoms with Gasteiger partial charge in [0, 0.05) is 13.1 Å². The predicted octanol–water partition coefficient (Wildman–Crippen LogP) is 2.58. The van der Waals surface area contributed by atoms with E-state index in [9.17, 15) is 4.79 Å². The van der Waals surface area contributed by atoms with E-state index in [0.717, 1.165) is 19.4 Å². The summed E-state index contributed by atoms with van der Waals surface area (Å²) in [6.45, 7) is 1.29. The van der Waals surface area contributed by atoms with Crippen LogP contribution in [0.15, 0.2) is 30.3 Å². The van der Waals surface area contributed by atoms with Crippen LogP contribution >= 0.6 is 0 Å². The number of carbonyl (C=O) groups excluding carboxylic acids is 1. The quantitative estimate of drug-likeness (QED) is 0.877. The number of hydrogen-bond acceptors (Lipinski definition) is 3. The van der Waals surface area contributed by atoms with Gasteiger partial charge < -0.3 is 15.8 Å². The summed E-state index contributed by atoms with van der Waals surface area (Å²) in [5.41, 5.74) is 7.05. The molecule has 2 atom stereocenters. The Morgan fingerprint density at radius 1 is 1.09 bits per heavy atom. The molecule has 0 spiro atoms. The SMILES string of the molecule is NC[C@H]1CC[C@@H](C(=O)NCC2CCC(c3ccccc3)CC2)O1. The van der Waals surface area contributed by atoms with Crippen molar-refractivity contribution in [2.24, 2.45) is 11.7 Å². The monoisotopic (exact) mass is 316 g/mol. The van der Waals surface area contributed by atoms with Gasteiger partial charge in [-0.15, -0.1) is 0 Å². The van der Waals surface area contributed by atoms with Gasteiger partial charge in [-0.25, -0.2) is 0 Å². The number of rotatable bonds is 5. The number of hydrogen-bond donors (Lipinski definition) is 2. The van der Waals surface area contributed by atoms with Crippen molar-refractivity contribution < 1.29 is 9.53 Å². The minimum absolute atomic E-state index is 0.0473. The Hall–Kier alpha value is -1.39. The number of nitrogens with two attached hydrogens (primary N) is 1. The summed E-state index contributed by atoms with van der Waals surface area (Å²) in [5.74, 6) is 1.34. The molecule has 1 aromatic carbocycles. The van der Waals surface area contributed by atoms with Crippen molar-refractivity contribution in [1.29, 1.82) is 0 Å². The molecule has 2 aliphatic rings. The second-order valence-electron chi connectivity index (χ2n) is 6.93. The second kappa shape index (κ2) is 7.93. The molecule has 3 N–H and O–H groups in total. The Labute approximate surface area is 138 Å². The van der Waals surface area contributed by atoms with E-state index in [4.69, 9.17) is 10.5 Å². The molecule has 126 valence electrons. The van der Waals surface area contributed by atoms with Gasteiger partial charge in [-0.05, 0) is 55.9 Å². The summed E-state index contributed by atoms with van der Waals surface area (Å²) in [4.78, 5) is 12.2. The first-order chi connectivity index (χ1) is 11.3. The van der Waals surface area contributed by atoms with Gasteiger partial charge in [0.2, 0.25) is 5.91 Å². The lowest BCUT2D eigenvalue weighted by Crippen LogP contribution is -2.38. The van der Waals surface area contributed by atoms with Gasteiger partial charge in [0.05, 0.1) is 6.10 Å². The zero-order valence-electron chi connectivity index (χ0n) is 13.7. The van der Waals surface area contributed by atoms with Crippen LogP contribution < -0.4 is 11.1 Å². The van der Waals surface area contributed by atoms with Crippen molar-refractivity contribution in [2.75, 3.05) is 13.1 Å². The molecule has 1 aliphatic carbocycles. The fourth-order valence-corrected chi connectivity index (χ4v) is 3.86. The van der Waals surface area contributed by atoms with Crippen LogP contribution in [0.5, 0.6) is 0 Å². The minimum atomic E-state index is -0.288. The number of nitrogens with one attached hydrogen (secondary N) is 1. The summed E-state index contributed by atoms with van der Waals surface area (Å²) < 4.78 is 5.65. The van der Waals surface area contributed by atoms with Gasteiger partial charge in [-0.2, -0.15) is 0 Å². The number of benzene rings is 1. The molecule has 1 heterocycles. The maximum Gasteiger partial charge on any atom is 0.249 e. The summed E-state index contributed by atoms with van der Waals surface area (Å²) >= 11 is 0. The molecule has 4 heteroatoms. The first kappa shape index (κ1) is 16.5. The first-order valence-electron chi connectivity index (χ1n) is 8.94. The van der Waals surface area contributed by atoms with Crippen LogP contribution in [0.1, 0.15) is 50.0 Å². The van der Waals surface area contributed by atoms with E-state index < -0.39 is 0 Å². The van der Waals surface area contributed by atoms with Gasteiger partial charge >= 0.3 is 0 Å². The van der Waals surface area contributed by atoms with Crippen molar-refractivity contribution >= 4 is 5.91 Å². The largest absolute Gasteiger partial charge is 0.364 e. The highest BCUT2D eigenvalue weighted by Gasteiger charge is 2.30. The first-order valence-corrected chi connectivity index (χ1v) is 8.94. The van der Waals surface area contributed by atoms with E-state index in [2.05, 4.69) is 35.6 Å². The molecule has 1 aliphatic heterocycles. The van der Waals surface area contributed by atoms with Crippen LogP contribution in [0, 0.1) is 5.92 Å². The van der Waals surface area contributed by atoms with Gasteiger partial charge in [-0.1, -0.05) is 30.3 Å². The molecule has 3 rings (SSSR count). The average molecular weight is 316 g/mol. The summed E-state index contributed by atoms with van der Waals surface area (Å²) in [7, 11) is 0. The molecular formula is C19H28N2O2. The van der Waals surface area contributed by atoms with E-state index in [1.807, 2.05) is 0 Å². The zero-order valence-corrected chi connectivity index (χ0v) is 13.7. The van der Waals surface area contributed by atoms with E-state index in [-0.39, 0.29) is 18.1 Å². The third-order valence-electron chi connectivity index (χ3n) is 5.35. The molecule has 1 saturated carbocycles. The fraction of sp³-hybridized carbons (Fsp3) is 0.632. The highest BCUT2D eigenvalue weighted by atomic mass is 16.5. The molecule has 1 aromatic rings. The van der Waals surface area contributed by atoms with E-state index in [0.29, 0.717) is 18.4 Å². The maximum absolute atomic E-state index is 12.2. The summed E-state index contributed by atoms with van der Waals surface area (Å²) in [6.07, 6.45) is 6.30. The van der Waals surface area contributed by atoms with E-state index in [1.54, 1.807) is 0 Å². The van der Waals surface area contributed by atoms with E-state index in [1.165, 1.54) is 31.2 Å². The van der Waals surface area contributed by atoms with Gasteiger partial charge in [0.1, 0.15) is 6.10 Å². The number of ether oxygens (including phenoxy) is 1. The standard InChI is InChI=1S/C19H28N2O2/c20-12-17-10-11-18(23-17)19(22)21-13-14-6-8-16(9-7-14)15-4-2-1-3-5-15/h1-5,14,16-18H,6-13,20H2,(H,21,22)/t14?,16?,17-,18+/m1/s1. The van der Waals surface area contributed by atoms with E-state index >= 15 is 0 Å². The van der Waals surface area contributed by atoms with Crippen LogP contribution in [0.4, 0.5) is 0 Å². The van der Waals surface area contributed by atoms with Crippen molar-refractivity contribution in [3.63, 3.8) is 0 Å². The fourth-order valence-electron chi connectivity index (χ4n) is 3.86. The Morgan fingerprint density at radius 3 is 2.48 bits per heavy atom. The zero-order chi connectivity index (χ0) is 16.1. The van der Waals surface area contributed by atoms with Crippen molar-refractivity contribution in [3.8, 4) is 0 Å². The Bertz CT molecular complexity index is 497. The normalized spacial score (nSPS) is 31.0. The minimum Gasteiger partial charge on any atom is -0.364 e. The topological polar surface area (TPSA) is 64.4 Å². The van der Waals surface area contributed by atoms with Crippen LogP contribution in [-0.4, -0.2) is 31.2 Å². The lowest BCUT2D eigenvalue weighted by Gasteiger charge is -2.29. The molecular weight excluding hydrogens is 288 g/mol. The van der Waals surface area contributed by atoms with Crippen molar-refractivity contribution in [2.45, 2.75) is 56.7 Å². The van der Waals surface area contributed by atoms with Crippen molar-refractivity contribution in [1.82, 2.24) is 5.32 Å². The molecule has 0 radical (unpaired) electrons. The Kier molecular flexibility index (Phi) is 5.68. The van der Waals surface area contributed by atoms with Gasteiger partial charge in [0.15, 0.2) is 0 Å². The predicted molar refractivity (Wildman–Crippen MR) is 91.1 cm³/mol. The second-order valence-corrected chi connectivity index (χ2v) is 6.93. The summed E-state index contributed by atoms with van der Waals surface area (Å²) in [5, 5.41) is 3.09. The number of carbonyl (C=O) groups is 1. The molecule has 0 aromatic heterocycles. The lowest BCUT2D eigenvalue weighted by molar-refractivity contribution is -0.132. The molecule has 4 nitrogen and oxygen atoms in total. The van der Waals surface area contributed by atoms with Crippen LogP contribution in [-0.2, 0) is 9.53 Å². The Morgan fingerprint density at radius 2 is 1.83 bits per heavy atom. The third-order valence-corrected chi connectivity index (χ3v) is 5.35. The maximum atomic E-state index is 12.2. The van der Waals surface area contributed by atoms with Crippen LogP contribution in [0.25, 0.3) is 0 Å². The summed E-state index contributed by atoms with van der Waals surface area (Å²) in [6, 6.07) is 10.8. The van der Waals surface area contributed by atoms with Gasteiger partial charge in [0.25, 0.3) is 0 Å². The molecule has 1 amide bonds. The number of amides is 1. The van der Waals surface area contributed by atoms with Gasteiger partial charge in [-0.3, -0.25) is 4.79 Å². The highest BCUT2D eigenvalue weighted by molar-refractivity contribution is 5.81. The Balaban J connectivity index is 1.39. The average Bonchev–Trinajstić information content (AvgIpc) is 3.10. The lowest BCUT2D eigenvalue weighted by atomic mass is 9.78. The molecule has 1 saturated heterocycles.